The molecule has 8 nitrogen and oxygen atoms in total. The minimum atomic E-state index is -0.915. The van der Waals surface area contributed by atoms with Gasteiger partial charge in [-0.25, -0.2) is 4.98 Å². The number of aryl methyl sites for hydroxylation is 1. The van der Waals surface area contributed by atoms with Crippen LogP contribution < -0.4 is 0 Å². The van der Waals surface area contributed by atoms with Crippen LogP contribution in [-0.4, -0.2) is 55.2 Å². The van der Waals surface area contributed by atoms with Gasteiger partial charge in [0.25, 0.3) is 0 Å². The number of rotatable bonds is 7. The van der Waals surface area contributed by atoms with Gasteiger partial charge in [0.15, 0.2) is 10.9 Å². The zero-order valence-corrected chi connectivity index (χ0v) is 25.4. The zero-order chi connectivity index (χ0) is 29.3. The second-order valence-electron chi connectivity index (χ2n) is 13.3. The fraction of sp³-hybridized carbons (Fsp3) is 0.576. The second-order valence-corrected chi connectivity index (χ2v) is 14.3. The SMILES string of the molecule is COC1(C(=O)CSc2nc3ccccc3[nH]2)CCC2C3CCC4=Cc5c(cnn5CCC#N)CC4(C)C3C(O)CC21C. The third-order valence-electron chi connectivity index (χ3n) is 11.6. The van der Waals surface area contributed by atoms with Crippen LogP contribution in [0.15, 0.2) is 41.2 Å². The summed E-state index contributed by atoms with van der Waals surface area (Å²) < 4.78 is 8.23. The number of thioether (sulfide) groups is 1. The van der Waals surface area contributed by atoms with Gasteiger partial charge in [-0.15, -0.1) is 0 Å². The van der Waals surface area contributed by atoms with Crippen LogP contribution in [0.1, 0.15) is 63.6 Å². The lowest BCUT2D eigenvalue weighted by Gasteiger charge is -2.61. The Bertz CT molecular complexity index is 1590. The van der Waals surface area contributed by atoms with E-state index in [-0.39, 0.29) is 22.9 Å². The lowest BCUT2D eigenvalue weighted by Crippen LogP contribution is -2.62. The molecule has 0 spiro atoms. The molecule has 7 unspecified atom stereocenters. The molecule has 1 aromatic carbocycles. The summed E-state index contributed by atoms with van der Waals surface area (Å²) in [6.07, 6.45) is 9.20. The van der Waals surface area contributed by atoms with Gasteiger partial charge in [-0.3, -0.25) is 9.48 Å². The number of H-pyrrole nitrogens is 1. The molecule has 3 fully saturated rings. The first kappa shape index (κ1) is 27.9. The fourth-order valence-electron chi connectivity index (χ4n) is 9.72. The number of para-hydroxylation sites is 2. The third kappa shape index (κ3) is 3.91. The number of nitrogens with one attached hydrogen (secondary N) is 1. The van der Waals surface area contributed by atoms with Crippen molar-refractivity contribution >= 4 is 34.7 Å². The van der Waals surface area contributed by atoms with Crippen molar-refractivity contribution < 1.29 is 14.6 Å². The summed E-state index contributed by atoms with van der Waals surface area (Å²) in [5.41, 5.74) is 4.08. The lowest BCUT2D eigenvalue weighted by molar-refractivity contribution is -0.185. The number of aliphatic hydroxyl groups is 1. The van der Waals surface area contributed by atoms with E-state index in [1.165, 1.54) is 22.9 Å². The highest BCUT2D eigenvalue weighted by Crippen LogP contribution is 2.68. The van der Waals surface area contributed by atoms with Crippen molar-refractivity contribution in [2.24, 2.45) is 28.6 Å². The Morgan fingerprint density at radius 1 is 1.31 bits per heavy atom. The average molecular weight is 586 g/mol. The van der Waals surface area contributed by atoms with Gasteiger partial charge in [0.2, 0.25) is 0 Å². The highest BCUT2D eigenvalue weighted by atomic mass is 32.2. The number of carbonyl (C=O) groups excluding carboxylic acids is 1. The Morgan fingerprint density at radius 3 is 2.93 bits per heavy atom. The van der Waals surface area contributed by atoms with Crippen molar-refractivity contribution in [2.75, 3.05) is 12.9 Å². The van der Waals surface area contributed by atoms with Crippen molar-refractivity contribution in [1.82, 2.24) is 19.7 Å². The van der Waals surface area contributed by atoms with Crippen LogP contribution in [0.25, 0.3) is 17.1 Å². The molecule has 0 radical (unpaired) electrons. The standard InChI is InChI=1S/C33H39N5O3S/c1-31-16-20-18-35-38(14-6-13-34)26(20)15-21(31)9-10-22-23-11-12-33(41-3,32(23,2)17-27(39)29(22)31)28(40)19-42-30-36-24-7-4-5-8-25(24)37-30/h4-5,7-8,15,18,22-23,27,29,39H,6,9-12,14,16-17,19H2,1-3H3,(H,36,37). The van der Waals surface area contributed by atoms with Gasteiger partial charge in [-0.05, 0) is 85.5 Å². The maximum atomic E-state index is 14.1. The molecule has 220 valence electrons. The molecule has 2 N–H and O–H groups in total. The van der Waals surface area contributed by atoms with Crippen LogP contribution in [0, 0.1) is 39.9 Å². The number of imidazole rings is 1. The molecule has 9 heteroatoms. The third-order valence-corrected chi connectivity index (χ3v) is 12.4. The molecule has 2 aromatic heterocycles. The molecule has 42 heavy (non-hydrogen) atoms. The quantitative estimate of drug-likeness (QED) is 0.348. The number of benzene rings is 1. The minimum Gasteiger partial charge on any atom is -0.393 e. The monoisotopic (exact) mass is 585 g/mol. The number of aromatic amines is 1. The van der Waals surface area contributed by atoms with Crippen molar-refractivity contribution in [3.63, 3.8) is 0 Å². The molecule has 3 aromatic rings. The number of ketones is 1. The summed E-state index contributed by atoms with van der Waals surface area (Å²) in [6.45, 7) is 5.15. The van der Waals surface area contributed by atoms with Gasteiger partial charge >= 0.3 is 0 Å². The van der Waals surface area contributed by atoms with E-state index in [2.05, 4.69) is 41.1 Å². The summed E-state index contributed by atoms with van der Waals surface area (Å²) in [7, 11) is 1.69. The van der Waals surface area contributed by atoms with Gasteiger partial charge in [-0.1, -0.05) is 43.3 Å². The maximum Gasteiger partial charge on any atom is 0.175 e. The van der Waals surface area contributed by atoms with Crippen molar-refractivity contribution in [1.29, 1.82) is 5.26 Å². The fourth-order valence-corrected chi connectivity index (χ4v) is 10.6. The van der Waals surface area contributed by atoms with E-state index in [0.717, 1.165) is 47.6 Å². The van der Waals surface area contributed by atoms with Gasteiger partial charge in [-0.2, -0.15) is 10.4 Å². The number of nitriles is 1. The summed E-state index contributed by atoms with van der Waals surface area (Å²) in [6, 6.07) is 10.1. The number of aliphatic hydroxyl groups excluding tert-OH is 1. The van der Waals surface area contributed by atoms with E-state index in [1.807, 2.05) is 35.1 Å². The molecular weight excluding hydrogens is 546 g/mol. The minimum absolute atomic E-state index is 0.0980. The summed E-state index contributed by atoms with van der Waals surface area (Å²) in [5, 5.41) is 26.4. The molecule has 7 atom stereocenters. The number of hydrogen-bond acceptors (Lipinski definition) is 7. The van der Waals surface area contributed by atoms with Crippen molar-refractivity contribution in [3.8, 4) is 6.07 Å². The smallest absolute Gasteiger partial charge is 0.175 e. The molecule has 7 rings (SSSR count). The molecule has 4 aliphatic rings. The second kappa shape index (κ2) is 10.1. The first-order valence-electron chi connectivity index (χ1n) is 15.2. The van der Waals surface area contributed by atoms with E-state index < -0.39 is 17.1 Å². The molecule has 0 amide bonds. The van der Waals surface area contributed by atoms with E-state index >= 15 is 0 Å². The summed E-state index contributed by atoms with van der Waals surface area (Å²) in [5.74, 6) is 1.14. The Labute approximate surface area is 250 Å². The number of nitrogens with zero attached hydrogens (tertiary/aromatic N) is 4. The number of methoxy groups -OCH3 is 1. The number of aromatic nitrogens is 4. The molecule has 0 saturated heterocycles. The molecule has 0 aliphatic heterocycles. The van der Waals surface area contributed by atoms with E-state index in [0.29, 0.717) is 37.6 Å². The molecule has 4 aliphatic carbocycles. The van der Waals surface area contributed by atoms with Crippen molar-refractivity contribution in [3.05, 3.63) is 47.3 Å². The molecule has 2 heterocycles. The summed E-state index contributed by atoms with van der Waals surface area (Å²) >= 11 is 1.44. The van der Waals surface area contributed by atoms with Crippen LogP contribution >= 0.6 is 11.8 Å². The van der Waals surface area contributed by atoms with Gasteiger partial charge in [0, 0.05) is 12.5 Å². The van der Waals surface area contributed by atoms with Gasteiger partial charge in [0.1, 0.15) is 5.60 Å². The van der Waals surface area contributed by atoms with Crippen LogP contribution in [0.5, 0.6) is 0 Å². The highest BCUT2D eigenvalue weighted by molar-refractivity contribution is 7.99. The normalized spacial score (nSPS) is 35.1. The zero-order valence-electron chi connectivity index (χ0n) is 24.6. The predicted molar refractivity (Wildman–Crippen MR) is 161 cm³/mol. The van der Waals surface area contributed by atoms with E-state index in [1.54, 1.807) is 7.11 Å². The first-order chi connectivity index (χ1) is 20.2. The Morgan fingerprint density at radius 2 is 2.14 bits per heavy atom. The van der Waals surface area contributed by atoms with Gasteiger partial charge < -0.3 is 14.8 Å². The number of allylic oxidation sites excluding steroid dienone is 1. The Balaban J connectivity index is 1.14. The number of carbonyl (C=O) groups is 1. The number of hydrogen-bond donors (Lipinski definition) is 2. The van der Waals surface area contributed by atoms with E-state index in [4.69, 9.17) is 10.00 Å². The number of ether oxygens (including phenoxy) is 1. The lowest BCUT2D eigenvalue weighted by atomic mass is 9.45. The highest BCUT2D eigenvalue weighted by Gasteiger charge is 2.69. The Hall–Kier alpha value is -2.93. The maximum absolute atomic E-state index is 14.1. The van der Waals surface area contributed by atoms with E-state index in [9.17, 15) is 9.90 Å². The molecule has 0 bridgehead atoms. The van der Waals surface area contributed by atoms with Crippen LogP contribution in [-0.2, 0) is 22.5 Å². The topological polar surface area (TPSA) is 117 Å². The van der Waals surface area contributed by atoms with Crippen LogP contribution in [0.4, 0.5) is 0 Å². The molecule has 3 saturated carbocycles. The van der Waals surface area contributed by atoms with Gasteiger partial charge in [0.05, 0.1) is 53.8 Å². The largest absolute Gasteiger partial charge is 0.393 e. The van der Waals surface area contributed by atoms with Crippen LogP contribution in [0.3, 0.4) is 0 Å². The first-order valence-corrected chi connectivity index (χ1v) is 16.2. The Kier molecular flexibility index (Phi) is 6.69. The molecular formula is C33H39N5O3S. The van der Waals surface area contributed by atoms with Crippen molar-refractivity contribution in [2.45, 2.75) is 82.2 Å². The van der Waals surface area contributed by atoms with Crippen LogP contribution in [0.2, 0.25) is 0 Å². The number of Topliss-reactive ketones (excluding diaryl/α,β-unsaturated/α-hetero) is 1. The predicted octanol–water partition coefficient (Wildman–Crippen LogP) is 5.57. The number of fused-ring (bicyclic) bond motifs is 7. The summed E-state index contributed by atoms with van der Waals surface area (Å²) in [4.78, 5) is 22.1. The average Bonchev–Trinajstić information content (AvgIpc) is 3.65.